The lowest BCUT2D eigenvalue weighted by atomic mass is 9.99. The Morgan fingerprint density at radius 2 is 2.26 bits per heavy atom. The van der Waals surface area contributed by atoms with E-state index in [1.807, 2.05) is 19.2 Å². The zero-order valence-electron chi connectivity index (χ0n) is 11.0. The normalized spacial score (nSPS) is 24.6. The first-order chi connectivity index (χ1) is 9.00. The van der Waals surface area contributed by atoms with Crippen molar-refractivity contribution >= 4 is 21.9 Å². The van der Waals surface area contributed by atoms with Gasteiger partial charge in [-0.05, 0) is 31.7 Å². The van der Waals surface area contributed by atoms with Gasteiger partial charge in [0, 0.05) is 16.6 Å². The van der Waals surface area contributed by atoms with Gasteiger partial charge in [-0.2, -0.15) is 0 Å². The summed E-state index contributed by atoms with van der Waals surface area (Å²) in [5, 5.41) is 9.21. The lowest BCUT2D eigenvalue weighted by Crippen LogP contribution is -2.42. The molecule has 4 nitrogen and oxygen atoms in total. The predicted molar refractivity (Wildman–Crippen MR) is 76.1 cm³/mol. The van der Waals surface area contributed by atoms with Crippen molar-refractivity contribution in [2.24, 2.45) is 5.92 Å². The number of carbonyl (C=O) groups is 1. The van der Waals surface area contributed by atoms with Crippen LogP contribution >= 0.6 is 15.9 Å². The molecule has 5 heteroatoms. The summed E-state index contributed by atoms with van der Waals surface area (Å²) in [6.45, 7) is 2.86. The molecule has 19 heavy (non-hydrogen) atoms. The molecule has 1 heterocycles. The van der Waals surface area contributed by atoms with Crippen LogP contribution in [0.3, 0.4) is 0 Å². The molecule has 1 N–H and O–H groups in total. The number of rotatable bonds is 4. The Kier molecular flexibility index (Phi) is 4.60. The van der Waals surface area contributed by atoms with Gasteiger partial charge >= 0.3 is 5.97 Å². The molecule has 3 unspecified atom stereocenters. The van der Waals surface area contributed by atoms with Crippen LogP contribution in [0, 0.1) is 5.92 Å². The van der Waals surface area contributed by atoms with E-state index in [9.17, 15) is 9.90 Å². The summed E-state index contributed by atoms with van der Waals surface area (Å²) in [6.07, 6.45) is 0. The highest BCUT2D eigenvalue weighted by atomic mass is 79.9. The molecule has 1 aromatic carbocycles. The minimum atomic E-state index is -0.782. The lowest BCUT2D eigenvalue weighted by molar-refractivity contribution is -0.143. The quantitative estimate of drug-likeness (QED) is 0.923. The number of halogens is 1. The van der Waals surface area contributed by atoms with Crippen molar-refractivity contribution in [3.63, 3.8) is 0 Å². The molecule has 0 aliphatic carbocycles. The third kappa shape index (κ3) is 3.16. The van der Waals surface area contributed by atoms with Crippen LogP contribution in [-0.2, 0) is 9.53 Å². The number of likely N-dealkylation sites (N-methyl/N-ethyl adjacent to an activating group) is 1. The van der Waals surface area contributed by atoms with Gasteiger partial charge in [-0.3, -0.25) is 9.69 Å². The van der Waals surface area contributed by atoms with Crippen molar-refractivity contribution in [3.8, 4) is 0 Å². The maximum atomic E-state index is 11.2. The Labute approximate surface area is 121 Å². The number of nitrogens with zero attached hydrogens (tertiary/aromatic N) is 1. The lowest BCUT2D eigenvalue weighted by Gasteiger charge is -2.32. The van der Waals surface area contributed by atoms with E-state index in [4.69, 9.17) is 4.74 Å². The van der Waals surface area contributed by atoms with E-state index in [-0.39, 0.29) is 12.1 Å². The van der Waals surface area contributed by atoms with Gasteiger partial charge in [0.05, 0.1) is 19.1 Å². The fourth-order valence-corrected chi connectivity index (χ4v) is 2.89. The molecule has 3 atom stereocenters. The number of hydrogen-bond acceptors (Lipinski definition) is 3. The molecule has 1 aromatic rings. The van der Waals surface area contributed by atoms with Gasteiger partial charge in [0.15, 0.2) is 0 Å². The van der Waals surface area contributed by atoms with E-state index in [0.29, 0.717) is 13.2 Å². The van der Waals surface area contributed by atoms with Gasteiger partial charge in [0.25, 0.3) is 0 Å². The molecule has 1 aliphatic rings. The fraction of sp³-hybridized carbons (Fsp3) is 0.500. The molecule has 0 saturated carbocycles. The van der Waals surface area contributed by atoms with Crippen LogP contribution < -0.4 is 0 Å². The van der Waals surface area contributed by atoms with Crippen molar-refractivity contribution in [1.29, 1.82) is 0 Å². The second kappa shape index (κ2) is 6.03. The Hall–Kier alpha value is -0.910. The van der Waals surface area contributed by atoms with E-state index < -0.39 is 11.9 Å². The fourth-order valence-electron chi connectivity index (χ4n) is 2.47. The van der Waals surface area contributed by atoms with Crippen LogP contribution in [0.4, 0.5) is 0 Å². The average molecular weight is 328 g/mol. The smallest absolute Gasteiger partial charge is 0.310 e. The second-order valence-electron chi connectivity index (χ2n) is 4.95. The summed E-state index contributed by atoms with van der Waals surface area (Å²) in [7, 11) is 1.96. The minimum Gasteiger partial charge on any atom is -0.481 e. The number of aliphatic carboxylic acids is 1. The highest BCUT2D eigenvalue weighted by molar-refractivity contribution is 9.10. The number of benzene rings is 1. The molecule has 2 rings (SSSR count). The number of carboxylic acid groups (broad SMARTS) is 1. The van der Waals surface area contributed by atoms with E-state index in [1.165, 1.54) is 0 Å². The summed E-state index contributed by atoms with van der Waals surface area (Å²) in [4.78, 5) is 13.3. The van der Waals surface area contributed by atoms with E-state index in [0.717, 1.165) is 10.0 Å². The van der Waals surface area contributed by atoms with Crippen molar-refractivity contribution in [1.82, 2.24) is 4.90 Å². The molecule has 0 aromatic heterocycles. The summed E-state index contributed by atoms with van der Waals surface area (Å²) in [5.41, 5.74) is 1.16. The first-order valence-corrected chi connectivity index (χ1v) is 7.08. The maximum Gasteiger partial charge on any atom is 0.310 e. The average Bonchev–Trinajstić information content (AvgIpc) is 2.86. The zero-order chi connectivity index (χ0) is 14.0. The van der Waals surface area contributed by atoms with Gasteiger partial charge in [-0.15, -0.1) is 0 Å². The molecule has 0 radical (unpaired) electrons. The Morgan fingerprint density at radius 1 is 1.53 bits per heavy atom. The van der Waals surface area contributed by atoms with Crippen LogP contribution in [0.15, 0.2) is 28.7 Å². The second-order valence-corrected chi connectivity index (χ2v) is 5.86. The number of hydrogen-bond donors (Lipinski definition) is 1. The molecular formula is C14H18BrNO3. The first kappa shape index (κ1) is 14.5. The largest absolute Gasteiger partial charge is 0.481 e. The van der Waals surface area contributed by atoms with Crippen LogP contribution in [-0.4, -0.2) is 42.3 Å². The van der Waals surface area contributed by atoms with Gasteiger partial charge in [-0.25, -0.2) is 0 Å². The molecule has 0 bridgehead atoms. The van der Waals surface area contributed by atoms with E-state index >= 15 is 0 Å². The third-order valence-corrected chi connectivity index (χ3v) is 4.33. The first-order valence-electron chi connectivity index (χ1n) is 6.28. The Balaban J connectivity index is 2.14. The monoisotopic (exact) mass is 327 g/mol. The zero-order valence-corrected chi connectivity index (χ0v) is 12.6. The highest BCUT2D eigenvalue weighted by Gasteiger charge is 2.38. The van der Waals surface area contributed by atoms with Gasteiger partial charge in [0.2, 0.25) is 0 Å². The van der Waals surface area contributed by atoms with E-state index in [2.05, 4.69) is 39.9 Å². The van der Waals surface area contributed by atoms with Gasteiger partial charge in [0.1, 0.15) is 0 Å². The van der Waals surface area contributed by atoms with Crippen LogP contribution in [0.2, 0.25) is 0 Å². The van der Waals surface area contributed by atoms with Crippen molar-refractivity contribution in [3.05, 3.63) is 34.3 Å². The standard InChI is InChI=1S/C14H18BrNO3/c1-9(10-4-3-5-11(15)6-10)16(2)13-8-19-7-12(13)14(17)18/h3-6,9,12-13H,7-8H2,1-2H3,(H,17,18). The number of carboxylic acids is 1. The highest BCUT2D eigenvalue weighted by Crippen LogP contribution is 2.28. The summed E-state index contributed by atoms with van der Waals surface area (Å²) in [6, 6.07) is 8.15. The molecule has 0 amide bonds. The van der Waals surface area contributed by atoms with Crippen molar-refractivity contribution < 1.29 is 14.6 Å². The minimum absolute atomic E-state index is 0.0773. The molecular weight excluding hydrogens is 310 g/mol. The van der Waals surface area contributed by atoms with E-state index in [1.54, 1.807) is 0 Å². The van der Waals surface area contributed by atoms with Gasteiger partial charge < -0.3 is 9.84 Å². The van der Waals surface area contributed by atoms with Crippen LogP contribution in [0.5, 0.6) is 0 Å². The molecule has 1 fully saturated rings. The summed E-state index contributed by atoms with van der Waals surface area (Å²) < 4.78 is 6.36. The molecule has 0 spiro atoms. The molecule has 104 valence electrons. The molecule has 1 saturated heterocycles. The summed E-state index contributed by atoms with van der Waals surface area (Å²) >= 11 is 3.46. The third-order valence-electron chi connectivity index (χ3n) is 3.83. The summed E-state index contributed by atoms with van der Waals surface area (Å²) in [5.74, 6) is -1.23. The topological polar surface area (TPSA) is 49.8 Å². The maximum absolute atomic E-state index is 11.2. The Bertz CT molecular complexity index is 466. The van der Waals surface area contributed by atoms with Crippen LogP contribution in [0.1, 0.15) is 18.5 Å². The Morgan fingerprint density at radius 3 is 2.89 bits per heavy atom. The van der Waals surface area contributed by atoms with Crippen LogP contribution in [0.25, 0.3) is 0 Å². The SMILES string of the molecule is CC(c1cccc(Br)c1)N(C)C1COCC1C(=O)O. The van der Waals surface area contributed by atoms with Crippen molar-refractivity contribution in [2.75, 3.05) is 20.3 Å². The predicted octanol–water partition coefficient (Wildman–Crippen LogP) is 2.54. The number of ether oxygens (including phenoxy) is 1. The molecule has 1 aliphatic heterocycles. The van der Waals surface area contributed by atoms with Crippen molar-refractivity contribution in [2.45, 2.75) is 19.0 Å². The van der Waals surface area contributed by atoms with Gasteiger partial charge in [-0.1, -0.05) is 28.1 Å².